The Labute approximate surface area is 88.8 Å². The van der Waals surface area contributed by atoms with Crippen LogP contribution in [0, 0.1) is 0 Å². The first-order valence-electron chi connectivity index (χ1n) is 5.22. The number of carbonyl (C=O) groups excluding carboxylic acids is 2. The molecule has 1 aliphatic heterocycles. The van der Waals surface area contributed by atoms with Crippen molar-refractivity contribution in [3.63, 3.8) is 0 Å². The maximum Gasteiger partial charge on any atom is 0.245 e. The normalized spacial score (nSPS) is 27.5. The smallest absolute Gasteiger partial charge is 0.245 e. The third-order valence-electron chi connectivity index (χ3n) is 2.58. The van der Waals surface area contributed by atoms with Crippen molar-refractivity contribution in [3.8, 4) is 0 Å². The van der Waals surface area contributed by atoms with E-state index in [0.717, 1.165) is 0 Å². The molecule has 0 aliphatic carbocycles. The summed E-state index contributed by atoms with van der Waals surface area (Å²) in [5, 5.41) is 2.60. The average molecular weight is 216 g/mol. The molecule has 2 amide bonds. The molecule has 15 heavy (non-hydrogen) atoms. The van der Waals surface area contributed by atoms with Crippen molar-refractivity contribution in [2.75, 3.05) is 13.2 Å². The summed E-state index contributed by atoms with van der Waals surface area (Å²) in [6.07, 6.45) is 0.624. The van der Waals surface area contributed by atoms with Crippen molar-refractivity contribution in [1.29, 1.82) is 0 Å². The molecule has 0 aromatic carbocycles. The minimum atomic E-state index is -0.498. The van der Waals surface area contributed by atoms with Crippen LogP contribution in [0.4, 0.5) is 4.39 Å². The Morgan fingerprint density at radius 2 is 2.13 bits per heavy atom. The quantitative estimate of drug-likeness (QED) is 0.745. The average Bonchev–Trinajstić information content (AvgIpc) is 2.24. The summed E-state index contributed by atoms with van der Waals surface area (Å²) in [5.74, 6) is -0.243. The number of rotatable bonds is 3. The molecule has 1 N–H and O–H groups in total. The standard InChI is InChI=1S/C10H17FN2O2/c1-7-6-9(14)12-8(2)10(15)13(7)5-3-4-11/h7-8H,3-6H2,1-2H3,(H,12,14). The first kappa shape index (κ1) is 11.9. The Morgan fingerprint density at radius 3 is 2.73 bits per heavy atom. The molecule has 1 aliphatic rings. The van der Waals surface area contributed by atoms with Crippen LogP contribution < -0.4 is 5.32 Å². The predicted molar refractivity (Wildman–Crippen MR) is 54.0 cm³/mol. The monoisotopic (exact) mass is 216 g/mol. The lowest BCUT2D eigenvalue weighted by atomic mass is 10.2. The van der Waals surface area contributed by atoms with Gasteiger partial charge >= 0.3 is 0 Å². The van der Waals surface area contributed by atoms with Gasteiger partial charge in [0, 0.05) is 19.0 Å². The second-order valence-corrected chi connectivity index (χ2v) is 3.92. The van der Waals surface area contributed by atoms with E-state index in [4.69, 9.17) is 0 Å². The Hall–Kier alpha value is -1.13. The highest BCUT2D eigenvalue weighted by Gasteiger charge is 2.30. The number of nitrogens with one attached hydrogen (secondary N) is 1. The Morgan fingerprint density at radius 1 is 1.47 bits per heavy atom. The van der Waals surface area contributed by atoms with Crippen LogP contribution in [0.2, 0.25) is 0 Å². The Balaban J connectivity index is 2.71. The molecule has 0 aromatic heterocycles. The van der Waals surface area contributed by atoms with Gasteiger partial charge in [-0.05, 0) is 20.3 Å². The van der Waals surface area contributed by atoms with E-state index in [0.29, 0.717) is 19.4 Å². The van der Waals surface area contributed by atoms with E-state index in [-0.39, 0.29) is 17.9 Å². The molecule has 0 radical (unpaired) electrons. The van der Waals surface area contributed by atoms with Gasteiger partial charge in [-0.3, -0.25) is 14.0 Å². The largest absolute Gasteiger partial charge is 0.345 e. The number of halogens is 1. The van der Waals surface area contributed by atoms with E-state index in [2.05, 4.69) is 5.32 Å². The van der Waals surface area contributed by atoms with Gasteiger partial charge in [0.15, 0.2) is 0 Å². The molecule has 1 saturated heterocycles. The fourth-order valence-corrected chi connectivity index (χ4v) is 1.77. The van der Waals surface area contributed by atoms with E-state index >= 15 is 0 Å². The van der Waals surface area contributed by atoms with Gasteiger partial charge in [0.2, 0.25) is 11.8 Å². The third kappa shape index (κ3) is 2.91. The van der Waals surface area contributed by atoms with Gasteiger partial charge in [-0.25, -0.2) is 0 Å². The molecule has 0 spiro atoms. The van der Waals surface area contributed by atoms with E-state index in [9.17, 15) is 14.0 Å². The first-order chi connectivity index (χ1) is 7.06. The number of nitrogens with zero attached hydrogens (tertiary/aromatic N) is 1. The third-order valence-corrected chi connectivity index (χ3v) is 2.58. The lowest BCUT2D eigenvalue weighted by Gasteiger charge is -2.27. The Bertz CT molecular complexity index is 258. The number of hydrogen-bond acceptors (Lipinski definition) is 2. The summed E-state index contributed by atoms with van der Waals surface area (Å²) >= 11 is 0. The molecule has 0 aromatic rings. The molecule has 4 nitrogen and oxygen atoms in total. The first-order valence-corrected chi connectivity index (χ1v) is 5.22. The lowest BCUT2D eigenvalue weighted by molar-refractivity contribution is -0.134. The predicted octanol–water partition coefficient (Wildman–Crippen LogP) is 0.472. The fourth-order valence-electron chi connectivity index (χ4n) is 1.77. The van der Waals surface area contributed by atoms with Crippen LogP contribution in [0.1, 0.15) is 26.7 Å². The highest BCUT2D eigenvalue weighted by Crippen LogP contribution is 2.11. The van der Waals surface area contributed by atoms with Crippen molar-refractivity contribution in [1.82, 2.24) is 10.2 Å². The fraction of sp³-hybridized carbons (Fsp3) is 0.800. The van der Waals surface area contributed by atoms with Gasteiger partial charge < -0.3 is 10.2 Å². The number of amides is 2. The zero-order valence-corrected chi connectivity index (χ0v) is 9.12. The van der Waals surface area contributed by atoms with Gasteiger partial charge in [-0.15, -0.1) is 0 Å². The van der Waals surface area contributed by atoms with Crippen LogP contribution in [0.15, 0.2) is 0 Å². The molecular weight excluding hydrogens is 199 g/mol. The molecule has 1 heterocycles. The molecule has 2 unspecified atom stereocenters. The lowest BCUT2D eigenvalue weighted by Crippen LogP contribution is -2.45. The highest BCUT2D eigenvalue weighted by molar-refractivity contribution is 5.90. The molecule has 2 atom stereocenters. The van der Waals surface area contributed by atoms with Crippen molar-refractivity contribution >= 4 is 11.8 Å². The minimum absolute atomic E-state index is 0.119. The van der Waals surface area contributed by atoms with Crippen molar-refractivity contribution < 1.29 is 14.0 Å². The van der Waals surface area contributed by atoms with Gasteiger partial charge in [0.1, 0.15) is 6.04 Å². The highest BCUT2D eigenvalue weighted by atomic mass is 19.1. The van der Waals surface area contributed by atoms with Crippen molar-refractivity contribution in [2.24, 2.45) is 0 Å². The summed E-state index contributed by atoms with van der Waals surface area (Å²) < 4.78 is 12.1. The molecule has 0 saturated carbocycles. The molecule has 1 rings (SSSR count). The summed E-state index contributed by atoms with van der Waals surface area (Å²) in [4.78, 5) is 24.7. The van der Waals surface area contributed by atoms with Crippen molar-refractivity contribution in [3.05, 3.63) is 0 Å². The minimum Gasteiger partial charge on any atom is -0.345 e. The van der Waals surface area contributed by atoms with Gasteiger partial charge in [0.25, 0.3) is 0 Å². The van der Waals surface area contributed by atoms with Crippen LogP contribution in [-0.2, 0) is 9.59 Å². The SMILES string of the molecule is CC1NC(=O)CC(C)N(CCCF)C1=O. The van der Waals surface area contributed by atoms with E-state index in [1.54, 1.807) is 11.8 Å². The van der Waals surface area contributed by atoms with Crippen molar-refractivity contribution in [2.45, 2.75) is 38.8 Å². The van der Waals surface area contributed by atoms with Gasteiger partial charge in [0.05, 0.1) is 6.67 Å². The van der Waals surface area contributed by atoms with Crippen LogP contribution in [0.3, 0.4) is 0 Å². The van der Waals surface area contributed by atoms with E-state index in [1.807, 2.05) is 6.92 Å². The number of hydrogen-bond donors (Lipinski definition) is 1. The molecule has 1 fully saturated rings. The summed E-state index contributed by atoms with van der Waals surface area (Å²) in [6, 6.07) is -0.643. The molecule has 0 bridgehead atoms. The summed E-state index contributed by atoms with van der Waals surface area (Å²) in [7, 11) is 0. The Kier molecular flexibility index (Phi) is 4.05. The van der Waals surface area contributed by atoms with Crippen LogP contribution in [-0.4, -0.2) is 42.0 Å². The number of carbonyl (C=O) groups is 2. The van der Waals surface area contributed by atoms with E-state index in [1.165, 1.54) is 0 Å². The summed E-state index contributed by atoms with van der Waals surface area (Å²) in [6.45, 7) is 3.41. The van der Waals surface area contributed by atoms with Gasteiger partial charge in [-0.1, -0.05) is 0 Å². The summed E-state index contributed by atoms with van der Waals surface area (Å²) in [5.41, 5.74) is 0. The zero-order chi connectivity index (χ0) is 11.4. The van der Waals surface area contributed by atoms with Gasteiger partial charge in [-0.2, -0.15) is 0 Å². The zero-order valence-electron chi connectivity index (χ0n) is 9.12. The maximum absolute atomic E-state index is 12.1. The second-order valence-electron chi connectivity index (χ2n) is 3.92. The van der Waals surface area contributed by atoms with Crippen LogP contribution in [0.5, 0.6) is 0 Å². The second kappa shape index (κ2) is 5.09. The molecule has 86 valence electrons. The van der Waals surface area contributed by atoms with Crippen LogP contribution in [0.25, 0.3) is 0 Å². The van der Waals surface area contributed by atoms with Crippen LogP contribution >= 0.6 is 0 Å². The topological polar surface area (TPSA) is 49.4 Å². The number of alkyl halides is 1. The molecular formula is C10H17FN2O2. The molecule has 5 heteroatoms. The van der Waals surface area contributed by atoms with E-state index < -0.39 is 12.7 Å². The maximum atomic E-state index is 12.1.